The minimum Gasteiger partial charge on any atom is -0.368 e. The van der Waals surface area contributed by atoms with E-state index in [1.54, 1.807) is 0 Å². The average molecular weight is 477 g/mol. The van der Waals surface area contributed by atoms with Crippen molar-refractivity contribution in [3.63, 3.8) is 0 Å². The van der Waals surface area contributed by atoms with E-state index in [0.29, 0.717) is 5.03 Å². The van der Waals surface area contributed by atoms with Crippen molar-refractivity contribution in [3.05, 3.63) is 88.2 Å². The maximum Gasteiger partial charge on any atom is 0.255 e. The second-order valence-corrected chi connectivity index (χ2v) is 10.00. The van der Waals surface area contributed by atoms with Gasteiger partial charge in [-0.05, 0) is 73.2 Å². The Bertz CT molecular complexity index is 1170. The van der Waals surface area contributed by atoms with Gasteiger partial charge in [0.15, 0.2) is 0 Å². The molecule has 6 heteroatoms. The lowest BCUT2D eigenvalue weighted by molar-refractivity contribution is -0.122. The lowest BCUT2D eigenvalue weighted by atomic mass is 9.88. The fourth-order valence-electron chi connectivity index (χ4n) is 5.21. The summed E-state index contributed by atoms with van der Waals surface area (Å²) < 4.78 is 0. The van der Waals surface area contributed by atoms with E-state index in [1.807, 2.05) is 30.2 Å². The van der Waals surface area contributed by atoms with Gasteiger partial charge in [0, 0.05) is 49.8 Å². The standard InChI is InChI=1S/C28H33ClN4O/c1-4-31-11-13-32(14-12-31)24-10-9-23-8-5-19(2)25(17-27(34)33(23)18-24)21-6-7-22-15-20(3)30-28(22)26(29)16-21/h6,8-10,15-19,30H,4-5,7,11-14H2,1-3H3/b23-8?,25-17+. The molecule has 1 aromatic rings. The molecule has 5 rings (SSSR count). The van der Waals surface area contributed by atoms with E-state index in [1.165, 1.54) is 5.56 Å². The Morgan fingerprint density at radius 1 is 1.09 bits per heavy atom. The number of H-pyrrole nitrogens is 1. The number of rotatable bonds is 3. The number of allylic oxidation sites excluding steroid dienone is 7. The molecule has 0 radical (unpaired) electrons. The van der Waals surface area contributed by atoms with Crippen molar-refractivity contribution in [2.75, 3.05) is 32.7 Å². The Kier molecular flexibility index (Phi) is 6.41. The summed E-state index contributed by atoms with van der Waals surface area (Å²) >= 11 is 6.70. The van der Waals surface area contributed by atoms with Crippen LogP contribution in [0.3, 0.4) is 0 Å². The van der Waals surface area contributed by atoms with Crippen LogP contribution in [-0.4, -0.2) is 58.3 Å². The average Bonchev–Trinajstić information content (AvgIpc) is 3.16. The fourth-order valence-corrected chi connectivity index (χ4v) is 5.50. The van der Waals surface area contributed by atoms with Crippen LogP contribution in [0.1, 0.15) is 37.2 Å². The molecule has 0 spiro atoms. The molecule has 1 aromatic heterocycles. The second-order valence-electron chi connectivity index (χ2n) is 9.59. The molecule has 34 heavy (non-hydrogen) atoms. The number of aromatic nitrogens is 1. The summed E-state index contributed by atoms with van der Waals surface area (Å²) in [6, 6.07) is 2.15. The third-order valence-electron chi connectivity index (χ3n) is 7.31. The molecule has 0 saturated carbocycles. The van der Waals surface area contributed by atoms with Crippen LogP contribution < -0.4 is 0 Å². The van der Waals surface area contributed by atoms with Crippen LogP contribution in [-0.2, 0) is 11.2 Å². The van der Waals surface area contributed by atoms with E-state index >= 15 is 0 Å². The number of hydrogen-bond acceptors (Lipinski definition) is 3. The van der Waals surface area contributed by atoms with Crippen molar-refractivity contribution in [1.29, 1.82) is 0 Å². The fraction of sp³-hybridized carbons (Fsp3) is 0.393. The minimum absolute atomic E-state index is 0.00845. The summed E-state index contributed by atoms with van der Waals surface area (Å²) in [7, 11) is 0. The molecule has 178 valence electrons. The maximum absolute atomic E-state index is 13.5. The Morgan fingerprint density at radius 3 is 2.62 bits per heavy atom. The van der Waals surface area contributed by atoms with Crippen LogP contribution in [0, 0.1) is 12.8 Å². The van der Waals surface area contributed by atoms with Crippen molar-refractivity contribution in [1.82, 2.24) is 19.7 Å². The maximum atomic E-state index is 13.5. The first-order valence-corrected chi connectivity index (χ1v) is 12.7. The third-order valence-corrected chi connectivity index (χ3v) is 7.61. The van der Waals surface area contributed by atoms with Gasteiger partial charge in [-0.2, -0.15) is 0 Å². The number of aryl methyl sites for hydroxylation is 1. The number of nitrogens with zero attached hydrogens (tertiary/aromatic N) is 3. The highest BCUT2D eigenvalue weighted by Crippen LogP contribution is 2.35. The van der Waals surface area contributed by atoms with Crippen LogP contribution >= 0.6 is 11.6 Å². The predicted molar refractivity (Wildman–Crippen MR) is 139 cm³/mol. The zero-order valence-corrected chi connectivity index (χ0v) is 21.0. The summed E-state index contributed by atoms with van der Waals surface area (Å²) in [5.74, 6) is 0.204. The summed E-state index contributed by atoms with van der Waals surface area (Å²) in [6.45, 7) is 11.6. The summed E-state index contributed by atoms with van der Waals surface area (Å²) in [6.07, 6.45) is 16.1. The zero-order valence-electron chi connectivity index (χ0n) is 20.3. The van der Waals surface area contributed by atoms with Crippen LogP contribution in [0.15, 0.2) is 71.3 Å². The number of fused-ring (bicyclic) bond motifs is 2. The molecule has 1 unspecified atom stereocenters. The molecule has 3 aliphatic heterocycles. The molecule has 4 aliphatic rings. The first-order valence-electron chi connectivity index (χ1n) is 12.3. The van der Waals surface area contributed by atoms with Crippen molar-refractivity contribution in [2.24, 2.45) is 5.92 Å². The van der Waals surface area contributed by atoms with E-state index in [4.69, 9.17) is 11.6 Å². The van der Waals surface area contributed by atoms with E-state index in [2.05, 4.69) is 59.0 Å². The van der Waals surface area contributed by atoms with Gasteiger partial charge in [0.2, 0.25) is 0 Å². The highest BCUT2D eigenvalue weighted by atomic mass is 35.5. The van der Waals surface area contributed by atoms with E-state index in [9.17, 15) is 4.79 Å². The van der Waals surface area contributed by atoms with Gasteiger partial charge in [0.25, 0.3) is 5.91 Å². The molecule has 1 atom stereocenters. The number of hydrogen-bond donors (Lipinski definition) is 1. The number of nitrogens with one attached hydrogen (secondary N) is 1. The lowest BCUT2D eigenvalue weighted by Gasteiger charge is -2.38. The SMILES string of the molecule is CCN1CCN(C2=CN3C(=O)/C=C(/C4=CCc5cc(C)[nH]c5C(Cl)=C4)C(C)CC=C3C=C2)CC1. The number of carbonyl (C=O) groups is 1. The van der Waals surface area contributed by atoms with Crippen LogP contribution in [0.25, 0.3) is 5.03 Å². The summed E-state index contributed by atoms with van der Waals surface area (Å²) in [5, 5.41) is 0.694. The Labute approximate surface area is 207 Å². The quantitative estimate of drug-likeness (QED) is 0.659. The minimum atomic E-state index is -0.00845. The van der Waals surface area contributed by atoms with Gasteiger partial charge >= 0.3 is 0 Å². The Morgan fingerprint density at radius 2 is 1.85 bits per heavy atom. The third kappa shape index (κ3) is 4.47. The van der Waals surface area contributed by atoms with E-state index in [-0.39, 0.29) is 11.8 Å². The molecule has 4 heterocycles. The first kappa shape index (κ1) is 23.0. The Hall–Kier alpha value is -2.76. The number of carbonyl (C=O) groups excluding carboxylic acids is 1. The molecule has 0 aromatic carbocycles. The van der Waals surface area contributed by atoms with Gasteiger partial charge in [0.1, 0.15) is 0 Å². The molecule has 1 saturated heterocycles. The molecule has 1 fully saturated rings. The van der Waals surface area contributed by atoms with E-state index in [0.717, 1.165) is 79.5 Å². The van der Waals surface area contributed by atoms with Crippen molar-refractivity contribution in [2.45, 2.75) is 33.6 Å². The number of halogens is 1. The van der Waals surface area contributed by atoms with Gasteiger partial charge in [-0.3, -0.25) is 9.69 Å². The molecule has 1 amide bonds. The molecule has 0 bridgehead atoms. The molecule has 1 aliphatic carbocycles. The normalized spacial score (nSPS) is 25.1. The number of piperazine rings is 1. The number of likely N-dealkylation sites (N-methyl/N-ethyl adjacent to an activating group) is 1. The van der Waals surface area contributed by atoms with Crippen molar-refractivity contribution < 1.29 is 4.79 Å². The van der Waals surface area contributed by atoms with Crippen LogP contribution in [0.5, 0.6) is 0 Å². The van der Waals surface area contributed by atoms with Crippen LogP contribution in [0.4, 0.5) is 0 Å². The van der Waals surface area contributed by atoms with Gasteiger partial charge in [-0.15, -0.1) is 0 Å². The monoisotopic (exact) mass is 476 g/mol. The summed E-state index contributed by atoms with van der Waals surface area (Å²) in [4.78, 5) is 23.5. The molecule has 5 nitrogen and oxygen atoms in total. The molecular formula is C28H33ClN4O. The van der Waals surface area contributed by atoms with E-state index < -0.39 is 0 Å². The topological polar surface area (TPSA) is 42.6 Å². The van der Waals surface area contributed by atoms with Gasteiger partial charge in [0.05, 0.1) is 16.4 Å². The summed E-state index contributed by atoms with van der Waals surface area (Å²) in [5.41, 5.74) is 7.43. The largest absolute Gasteiger partial charge is 0.368 e. The van der Waals surface area contributed by atoms with Gasteiger partial charge < -0.3 is 14.8 Å². The van der Waals surface area contributed by atoms with Crippen molar-refractivity contribution >= 4 is 22.5 Å². The van der Waals surface area contributed by atoms with Gasteiger partial charge in [-0.25, -0.2) is 0 Å². The molecular weight excluding hydrogens is 444 g/mol. The smallest absolute Gasteiger partial charge is 0.255 e. The van der Waals surface area contributed by atoms with Crippen LogP contribution in [0.2, 0.25) is 0 Å². The first-order chi connectivity index (χ1) is 16.4. The number of amides is 1. The second kappa shape index (κ2) is 9.47. The molecule has 1 N–H and O–H groups in total. The Balaban J connectivity index is 1.42. The van der Waals surface area contributed by atoms with Gasteiger partial charge in [-0.1, -0.05) is 37.6 Å². The number of aromatic amines is 1. The predicted octanol–water partition coefficient (Wildman–Crippen LogP) is 5.11. The zero-order chi connectivity index (χ0) is 23.8. The highest BCUT2D eigenvalue weighted by molar-refractivity contribution is 6.49. The van der Waals surface area contributed by atoms with Crippen molar-refractivity contribution in [3.8, 4) is 0 Å². The highest BCUT2D eigenvalue weighted by Gasteiger charge is 2.26. The lowest BCUT2D eigenvalue weighted by Crippen LogP contribution is -2.46.